The molecule has 1 aliphatic rings. The second-order valence-electron chi connectivity index (χ2n) is 6.27. The third-order valence-electron chi connectivity index (χ3n) is 4.03. The minimum Gasteiger partial charge on any atom is -0.464 e. The molecule has 0 aromatic heterocycles. The zero-order valence-electron chi connectivity index (χ0n) is 12.4. The molecule has 2 nitrogen and oxygen atoms in total. The topological polar surface area (TPSA) is 26.3 Å². The fourth-order valence-electron chi connectivity index (χ4n) is 3.10. The first kappa shape index (κ1) is 17.5. The molecular weight excluding hydrogens is 372 g/mol. The van der Waals surface area contributed by atoms with Gasteiger partial charge in [0.05, 0.1) is 10.2 Å². The monoisotopic (exact) mass is 396 g/mol. The zero-order valence-corrected chi connectivity index (χ0v) is 15.6. The molecular formula is C15H26Br2O2. The standard InChI is InChI=1S/C15H26Br2O2/c1-5-6-10(2)7-11(3)8-15(17)9-19-14(18)12(4)13(15)16/h10-13H,5-9H2,1-4H3/t10-,11-,12?,13?,15?/m0/s1. The van der Waals surface area contributed by atoms with Crippen molar-refractivity contribution in [1.82, 2.24) is 0 Å². The maximum atomic E-state index is 11.6. The number of hydrogen-bond donors (Lipinski definition) is 0. The molecule has 0 aromatic rings. The summed E-state index contributed by atoms with van der Waals surface area (Å²) in [5, 5.41) is 0. The Labute approximate surface area is 134 Å². The first-order chi connectivity index (χ1) is 8.80. The predicted octanol–water partition coefficient (Wildman–Crippen LogP) is 4.93. The normalized spacial score (nSPS) is 34.7. The lowest BCUT2D eigenvalue weighted by Gasteiger charge is -2.40. The molecule has 0 aromatic carbocycles. The summed E-state index contributed by atoms with van der Waals surface area (Å²) in [4.78, 5) is 11.7. The van der Waals surface area contributed by atoms with Gasteiger partial charge in [0.15, 0.2) is 0 Å². The van der Waals surface area contributed by atoms with Gasteiger partial charge in [-0.25, -0.2) is 0 Å². The fraction of sp³-hybridized carbons (Fsp3) is 0.933. The molecule has 0 bridgehead atoms. The van der Waals surface area contributed by atoms with E-state index in [0.717, 1.165) is 12.3 Å². The number of esters is 1. The van der Waals surface area contributed by atoms with Gasteiger partial charge in [-0.15, -0.1) is 0 Å². The minimum atomic E-state index is -0.119. The second-order valence-corrected chi connectivity index (χ2v) is 8.84. The Morgan fingerprint density at radius 2 is 2.05 bits per heavy atom. The Hall–Kier alpha value is 0.430. The van der Waals surface area contributed by atoms with Crippen LogP contribution < -0.4 is 0 Å². The molecule has 0 spiro atoms. The number of halogens is 2. The third kappa shape index (κ3) is 4.73. The average molecular weight is 398 g/mol. The molecule has 0 aliphatic carbocycles. The average Bonchev–Trinajstić information content (AvgIpc) is 2.32. The largest absolute Gasteiger partial charge is 0.464 e. The molecule has 1 heterocycles. The number of carbonyl (C=O) groups is 1. The summed E-state index contributed by atoms with van der Waals surface area (Å²) in [6, 6.07) is 0. The fourth-order valence-corrected chi connectivity index (χ4v) is 4.70. The van der Waals surface area contributed by atoms with Gasteiger partial charge in [-0.1, -0.05) is 72.4 Å². The Morgan fingerprint density at radius 3 is 2.63 bits per heavy atom. The molecule has 4 heteroatoms. The van der Waals surface area contributed by atoms with Crippen LogP contribution in [-0.4, -0.2) is 21.7 Å². The predicted molar refractivity (Wildman–Crippen MR) is 87.0 cm³/mol. The van der Waals surface area contributed by atoms with Gasteiger partial charge in [-0.3, -0.25) is 4.79 Å². The van der Waals surface area contributed by atoms with Gasteiger partial charge in [0.25, 0.3) is 0 Å². The van der Waals surface area contributed by atoms with Crippen molar-refractivity contribution in [3.8, 4) is 0 Å². The van der Waals surface area contributed by atoms with Gasteiger partial charge in [0.1, 0.15) is 6.61 Å². The summed E-state index contributed by atoms with van der Waals surface area (Å²) in [5.41, 5.74) is 0. The van der Waals surface area contributed by atoms with Crippen LogP contribution in [0.5, 0.6) is 0 Å². The van der Waals surface area contributed by atoms with Gasteiger partial charge in [-0.2, -0.15) is 0 Å². The van der Waals surface area contributed by atoms with E-state index in [1.54, 1.807) is 0 Å². The molecule has 1 aliphatic heterocycles. The van der Waals surface area contributed by atoms with E-state index in [4.69, 9.17) is 4.74 Å². The molecule has 1 rings (SSSR count). The molecule has 0 amide bonds. The number of alkyl halides is 2. The summed E-state index contributed by atoms with van der Waals surface area (Å²) >= 11 is 7.53. The smallest absolute Gasteiger partial charge is 0.309 e. The van der Waals surface area contributed by atoms with Crippen molar-refractivity contribution in [1.29, 1.82) is 0 Å². The Morgan fingerprint density at radius 1 is 1.42 bits per heavy atom. The lowest BCUT2D eigenvalue weighted by Crippen LogP contribution is -2.50. The van der Waals surface area contributed by atoms with Crippen molar-refractivity contribution in [2.45, 2.75) is 62.5 Å². The molecule has 1 fully saturated rings. The highest BCUT2D eigenvalue weighted by molar-refractivity contribution is 9.12. The lowest BCUT2D eigenvalue weighted by atomic mass is 9.83. The van der Waals surface area contributed by atoms with Gasteiger partial charge in [-0.05, 0) is 24.7 Å². The van der Waals surface area contributed by atoms with E-state index in [2.05, 4.69) is 52.6 Å². The van der Waals surface area contributed by atoms with Crippen LogP contribution >= 0.6 is 31.9 Å². The van der Waals surface area contributed by atoms with Crippen LogP contribution in [0.2, 0.25) is 0 Å². The third-order valence-corrected chi connectivity index (χ3v) is 7.36. The molecule has 112 valence electrons. The first-order valence-electron chi connectivity index (χ1n) is 7.29. The van der Waals surface area contributed by atoms with E-state index in [-0.39, 0.29) is 21.0 Å². The first-order valence-corrected chi connectivity index (χ1v) is 9.00. The summed E-state index contributed by atoms with van der Waals surface area (Å²) in [6.07, 6.45) is 4.82. The summed E-state index contributed by atoms with van der Waals surface area (Å²) in [7, 11) is 0. The Bertz CT molecular complexity index is 309. The number of ether oxygens (including phenoxy) is 1. The maximum absolute atomic E-state index is 11.6. The van der Waals surface area contributed by atoms with E-state index < -0.39 is 0 Å². The SMILES string of the molecule is CCC[C@H](C)C[C@H](C)CC1(Br)COC(=O)C(C)C1Br. The Kier molecular flexibility index (Phi) is 6.85. The summed E-state index contributed by atoms with van der Waals surface area (Å²) < 4.78 is 5.19. The van der Waals surface area contributed by atoms with Crippen molar-refractivity contribution < 1.29 is 9.53 Å². The molecule has 5 atom stereocenters. The molecule has 19 heavy (non-hydrogen) atoms. The highest BCUT2D eigenvalue weighted by atomic mass is 79.9. The highest BCUT2D eigenvalue weighted by Crippen LogP contribution is 2.43. The van der Waals surface area contributed by atoms with Crippen LogP contribution in [0.3, 0.4) is 0 Å². The molecule has 3 unspecified atom stereocenters. The van der Waals surface area contributed by atoms with Crippen LogP contribution in [0.15, 0.2) is 0 Å². The van der Waals surface area contributed by atoms with E-state index in [1.165, 1.54) is 19.3 Å². The summed E-state index contributed by atoms with van der Waals surface area (Å²) in [6.45, 7) is 9.27. The molecule has 0 radical (unpaired) electrons. The van der Waals surface area contributed by atoms with Crippen LogP contribution in [0.1, 0.15) is 53.4 Å². The van der Waals surface area contributed by atoms with Crippen LogP contribution in [0.25, 0.3) is 0 Å². The lowest BCUT2D eigenvalue weighted by molar-refractivity contribution is -0.153. The van der Waals surface area contributed by atoms with E-state index >= 15 is 0 Å². The van der Waals surface area contributed by atoms with Gasteiger partial charge in [0, 0.05) is 4.83 Å². The zero-order chi connectivity index (χ0) is 14.6. The van der Waals surface area contributed by atoms with Crippen LogP contribution in [0.4, 0.5) is 0 Å². The van der Waals surface area contributed by atoms with E-state index in [9.17, 15) is 4.79 Å². The van der Waals surface area contributed by atoms with Crippen molar-refractivity contribution in [3.05, 3.63) is 0 Å². The number of carbonyl (C=O) groups excluding carboxylic acids is 1. The van der Waals surface area contributed by atoms with Crippen molar-refractivity contribution in [2.75, 3.05) is 6.61 Å². The Balaban J connectivity index is 2.56. The van der Waals surface area contributed by atoms with Crippen molar-refractivity contribution in [2.24, 2.45) is 17.8 Å². The number of hydrogen-bond acceptors (Lipinski definition) is 2. The molecule has 0 saturated carbocycles. The minimum absolute atomic E-state index is 0.0895. The highest BCUT2D eigenvalue weighted by Gasteiger charge is 2.46. The molecule has 0 N–H and O–H groups in total. The second kappa shape index (κ2) is 7.44. The number of rotatable bonds is 6. The quantitative estimate of drug-likeness (QED) is 0.469. The summed E-state index contributed by atoms with van der Waals surface area (Å²) in [5.74, 6) is 1.22. The van der Waals surface area contributed by atoms with Crippen LogP contribution in [0, 0.1) is 17.8 Å². The van der Waals surface area contributed by atoms with Crippen molar-refractivity contribution >= 4 is 37.8 Å². The maximum Gasteiger partial charge on any atom is 0.309 e. The van der Waals surface area contributed by atoms with Gasteiger partial charge < -0.3 is 4.74 Å². The van der Waals surface area contributed by atoms with Crippen LogP contribution in [-0.2, 0) is 9.53 Å². The van der Waals surface area contributed by atoms with Crippen molar-refractivity contribution in [3.63, 3.8) is 0 Å². The molecule has 1 saturated heterocycles. The number of cyclic esters (lactones) is 1. The van der Waals surface area contributed by atoms with Gasteiger partial charge in [0.2, 0.25) is 0 Å². The van der Waals surface area contributed by atoms with E-state index in [0.29, 0.717) is 12.5 Å². The van der Waals surface area contributed by atoms with E-state index in [1.807, 2.05) is 6.92 Å². The van der Waals surface area contributed by atoms with Gasteiger partial charge >= 0.3 is 5.97 Å².